The highest BCUT2D eigenvalue weighted by molar-refractivity contribution is 6.32. The van der Waals surface area contributed by atoms with Crippen molar-refractivity contribution in [3.05, 3.63) is 147 Å². The topological polar surface area (TPSA) is 167 Å². The molecule has 1 spiro atoms. The van der Waals surface area contributed by atoms with Crippen LogP contribution < -0.4 is 20.3 Å². The Morgan fingerprint density at radius 1 is 0.792 bits per heavy atom. The highest BCUT2D eigenvalue weighted by atomic mass is 35.5. The first-order valence-electron chi connectivity index (χ1n) is 16.6. The van der Waals surface area contributed by atoms with Gasteiger partial charge >= 0.3 is 5.97 Å². The lowest BCUT2D eigenvalue weighted by Crippen LogP contribution is -2.43. The van der Waals surface area contributed by atoms with Crippen LogP contribution >= 0.6 is 11.6 Å². The summed E-state index contributed by atoms with van der Waals surface area (Å²) in [5.74, 6) is -1.62. The number of halogens is 1. The second-order valence-electron chi connectivity index (χ2n) is 12.6. The third-order valence-electron chi connectivity index (χ3n) is 9.30. The van der Waals surface area contributed by atoms with Gasteiger partial charge in [0, 0.05) is 63.6 Å². The Kier molecular flexibility index (Phi) is 8.31. The Balaban J connectivity index is 0.971. The van der Waals surface area contributed by atoms with E-state index >= 15 is 0 Å². The van der Waals surface area contributed by atoms with E-state index in [-0.39, 0.29) is 66.2 Å². The van der Waals surface area contributed by atoms with E-state index < -0.39 is 23.4 Å². The van der Waals surface area contributed by atoms with Crippen LogP contribution in [0.1, 0.15) is 48.5 Å². The molecule has 0 radical (unpaired) electrons. The highest BCUT2D eigenvalue weighted by Crippen LogP contribution is 2.57. The average Bonchev–Trinajstić information content (AvgIpc) is 3.36. The molecule has 0 saturated heterocycles. The Bertz CT molecular complexity index is 2340. The maximum absolute atomic E-state index is 13.4. The van der Waals surface area contributed by atoms with Gasteiger partial charge < -0.3 is 35.2 Å². The standard InChI is InChI=1S/C40H29ClN4O8/c41-24-7-13-32-28(17-24)37(22-4-2-1-3-5-22)44-20-36(49)45(32)21-35(48)42-14-15-43-38(50)23-6-10-27-31(16-23)40(53-39(27)51)29-11-8-25(46)18-33(29)52-34-19-26(47)9-12-30(34)40/h1-13,16-19,46-47H,14-15,20-21H2,(H,42,48)(H,43,50). The third-order valence-corrected chi connectivity index (χ3v) is 9.53. The van der Waals surface area contributed by atoms with Gasteiger partial charge in [0.15, 0.2) is 5.60 Å². The molecule has 0 aliphatic carbocycles. The molecule has 12 nitrogen and oxygen atoms in total. The highest BCUT2D eigenvalue weighted by Gasteiger charge is 2.54. The summed E-state index contributed by atoms with van der Waals surface area (Å²) in [4.78, 5) is 58.9. The molecule has 0 fully saturated rings. The van der Waals surface area contributed by atoms with E-state index in [4.69, 9.17) is 21.1 Å². The summed E-state index contributed by atoms with van der Waals surface area (Å²) >= 11 is 6.33. The van der Waals surface area contributed by atoms with Gasteiger partial charge in [-0.2, -0.15) is 0 Å². The van der Waals surface area contributed by atoms with Crippen molar-refractivity contribution in [1.82, 2.24) is 10.6 Å². The minimum Gasteiger partial charge on any atom is -0.508 e. The van der Waals surface area contributed by atoms with Crippen molar-refractivity contribution in [3.63, 3.8) is 0 Å². The Morgan fingerprint density at radius 3 is 2.21 bits per heavy atom. The number of phenols is 2. The number of esters is 1. The van der Waals surface area contributed by atoms with Gasteiger partial charge in [0.25, 0.3) is 5.91 Å². The van der Waals surface area contributed by atoms with Crippen LogP contribution in [0.5, 0.6) is 23.0 Å². The number of aliphatic imine (C=N–C) groups is 1. The number of phenolic OH excluding ortho intramolecular Hbond substituents is 2. The first-order chi connectivity index (χ1) is 25.6. The number of carbonyl (C=O) groups is 4. The summed E-state index contributed by atoms with van der Waals surface area (Å²) in [6.45, 7) is -0.315. The number of hydrogen-bond acceptors (Lipinski definition) is 9. The van der Waals surface area contributed by atoms with Crippen molar-refractivity contribution < 1.29 is 38.9 Å². The molecule has 0 unspecified atom stereocenters. The molecule has 3 aliphatic rings. The number of ether oxygens (including phenoxy) is 2. The fourth-order valence-electron chi connectivity index (χ4n) is 6.92. The van der Waals surface area contributed by atoms with Crippen molar-refractivity contribution in [2.45, 2.75) is 5.60 Å². The van der Waals surface area contributed by atoms with E-state index in [1.807, 2.05) is 30.3 Å². The number of fused-ring (bicyclic) bond motifs is 7. The molecule has 0 saturated carbocycles. The van der Waals surface area contributed by atoms with E-state index in [1.165, 1.54) is 41.3 Å². The molecule has 0 aromatic heterocycles. The molecule has 53 heavy (non-hydrogen) atoms. The second-order valence-corrected chi connectivity index (χ2v) is 13.0. The molecule has 0 bridgehead atoms. The molecular formula is C40H29ClN4O8. The minimum atomic E-state index is -1.53. The molecule has 13 heteroatoms. The number of aromatic hydroxyl groups is 2. The summed E-state index contributed by atoms with van der Waals surface area (Å²) in [7, 11) is 0. The monoisotopic (exact) mass is 728 g/mol. The summed E-state index contributed by atoms with van der Waals surface area (Å²) in [5.41, 5.74) is 2.71. The number of carbonyl (C=O) groups excluding carboxylic acids is 4. The lowest BCUT2D eigenvalue weighted by atomic mass is 9.77. The first-order valence-corrected chi connectivity index (χ1v) is 17.0. The second kappa shape index (κ2) is 13.1. The fourth-order valence-corrected chi connectivity index (χ4v) is 7.09. The van der Waals surface area contributed by atoms with Gasteiger partial charge in [-0.3, -0.25) is 19.4 Å². The Hall–Kier alpha value is -6.66. The lowest BCUT2D eigenvalue weighted by Gasteiger charge is -2.36. The lowest BCUT2D eigenvalue weighted by molar-refractivity contribution is -0.123. The van der Waals surface area contributed by atoms with Crippen molar-refractivity contribution in [2.24, 2.45) is 4.99 Å². The van der Waals surface area contributed by atoms with E-state index in [0.717, 1.165) is 5.56 Å². The molecule has 0 atom stereocenters. The predicted octanol–water partition coefficient (Wildman–Crippen LogP) is 5.05. The molecule has 264 valence electrons. The van der Waals surface area contributed by atoms with Gasteiger partial charge in [0.1, 0.15) is 36.1 Å². The van der Waals surface area contributed by atoms with E-state index in [1.54, 1.807) is 36.4 Å². The number of nitrogens with zero attached hydrogens (tertiary/aromatic N) is 2. The van der Waals surface area contributed by atoms with Gasteiger partial charge in [-0.15, -0.1) is 0 Å². The smallest absolute Gasteiger partial charge is 0.340 e. The summed E-state index contributed by atoms with van der Waals surface area (Å²) in [5, 5.41) is 26.4. The molecular weight excluding hydrogens is 700 g/mol. The van der Waals surface area contributed by atoms with Crippen LogP contribution in [-0.4, -0.2) is 65.8 Å². The molecule has 8 rings (SSSR count). The molecule has 3 aliphatic heterocycles. The van der Waals surface area contributed by atoms with Gasteiger partial charge in [-0.25, -0.2) is 4.79 Å². The average molecular weight is 729 g/mol. The number of benzodiazepines with no additional fused rings is 1. The van der Waals surface area contributed by atoms with E-state index in [2.05, 4.69) is 15.6 Å². The number of benzene rings is 5. The zero-order chi connectivity index (χ0) is 36.9. The van der Waals surface area contributed by atoms with E-state index in [0.29, 0.717) is 38.7 Å². The Labute approximate surface area is 307 Å². The van der Waals surface area contributed by atoms with Gasteiger partial charge in [-0.1, -0.05) is 41.9 Å². The number of nitrogens with one attached hydrogen (secondary N) is 2. The fraction of sp³-hybridized carbons (Fsp3) is 0.125. The van der Waals surface area contributed by atoms with Crippen molar-refractivity contribution in [3.8, 4) is 23.0 Å². The third kappa shape index (κ3) is 5.88. The molecule has 3 amide bonds. The van der Waals surface area contributed by atoms with Crippen LogP contribution in [0.4, 0.5) is 5.69 Å². The Morgan fingerprint density at radius 2 is 1.49 bits per heavy atom. The van der Waals surface area contributed by atoms with Crippen LogP contribution in [0.3, 0.4) is 0 Å². The summed E-state index contributed by atoms with van der Waals surface area (Å²) in [6, 6.07) is 27.9. The largest absolute Gasteiger partial charge is 0.508 e. The van der Waals surface area contributed by atoms with Crippen LogP contribution in [0.15, 0.2) is 108 Å². The SMILES string of the molecule is O=C(CN1C(=O)CN=C(c2ccccc2)c2cc(Cl)ccc21)NCCNC(=O)c1ccc2c(c1)C1(OC2=O)c2ccc(O)cc2Oc2cc(O)ccc21. The van der Waals surface area contributed by atoms with Crippen LogP contribution in [0.2, 0.25) is 5.02 Å². The molecule has 5 aromatic carbocycles. The summed E-state index contributed by atoms with van der Waals surface area (Å²) in [6.07, 6.45) is 0. The first kappa shape index (κ1) is 33.5. The van der Waals surface area contributed by atoms with Crippen molar-refractivity contribution in [2.75, 3.05) is 31.1 Å². The van der Waals surface area contributed by atoms with Crippen molar-refractivity contribution in [1.29, 1.82) is 0 Å². The molecule has 3 heterocycles. The zero-order valence-electron chi connectivity index (χ0n) is 27.8. The minimum absolute atomic E-state index is 0.0572. The predicted molar refractivity (Wildman–Crippen MR) is 194 cm³/mol. The summed E-state index contributed by atoms with van der Waals surface area (Å²) < 4.78 is 12.1. The normalized spacial score (nSPS) is 14.8. The van der Waals surface area contributed by atoms with E-state index in [9.17, 15) is 29.4 Å². The number of rotatable bonds is 7. The number of anilines is 1. The number of amides is 3. The zero-order valence-corrected chi connectivity index (χ0v) is 28.5. The van der Waals surface area contributed by atoms with Crippen LogP contribution in [-0.2, 0) is 19.9 Å². The van der Waals surface area contributed by atoms with Gasteiger partial charge in [-0.05, 0) is 60.7 Å². The molecule has 4 N–H and O–H groups in total. The van der Waals surface area contributed by atoms with Gasteiger partial charge in [0.05, 0.1) is 17.0 Å². The number of hydrogen-bond donors (Lipinski definition) is 4. The molecule has 5 aromatic rings. The van der Waals surface area contributed by atoms with Gasteiger partial charge in [0.2, 0.25) is 11.8 Å². The maximum atomic E-state index is 13.4. The van der Waals surface area contributed by atoms with Crippen LogP contribution in [0.25, 0.3) is 0 Å². The van der Waals surface area contributed by atoms with Crippen molar-refractivity contribution >= 4 is 46.7 Å². The quantitative estimate of drug-likeness (QED) is 0.134. The van der Waals surface area contributed by atoms with Crippen LogP contribution in [0, 0.1) is 0 Å². The maximum Gasteiger partial charge on any atom is 0.340 e.